The molecule has 2 aliphatic heterocycles. The molecule has 0 unspecified atom stereocenters. The van der Waals surface area contributed by atoms with Gasteiger partial charge in [-0.25, -0.2) is 13.1 Å². The van der Waals surface area contributed by atoms with Gasteiger partial charge in [-0.05, 0) is 61.2 Å². The summed E-state index contributed by atoms with van der Waals surface area (Å²) in [6.45, 7) is 3.22. The molecule has 1 aromatic heterocycles. The molecule has 0 bridgehead atoms. The Labute approximate surface area is 204 Å². The number of anilines is 1. The number of amides is 1. The molecule has 1 saturated heterocycles. The van der Waals surface area contributed by atoms with Gasteiger partial charge in [0.2, 0.25) is 10.0 Å². The zero-order chi connectivity index (χ0) is 23.7. The first-order valence-corrected chi connectivity index (χ1v) is 14.3. The van der Waals surface area contributed by atoms with Gasteiger partial charge in [0.15, 0.2) is 0 Å². The van der Waals surface area contributed by atoms with E-state index in [2.05, 4.69) is 24.4 Å². The molecule has 9 heteroatoms. The Morgan fingerprint density at radius 1 is 1.00 bits per heavy atom. The van der Waals surface area contributed by atoms with Crippen molar-refractivity contribution < 1.29 is 13.2 Å². The molecule has 1 N–H and O–H groups in total. The Kier molecular flexibility index (Phi) is 6.50. The number of rotatable bonds is 6. The summed E-state index contributed by atoms with van der Waals surface area (Å²) >= 11 is 1.78. The highest BCUT2D eigenvalue weighted by Crippen LogP contribution is 2.36. The van der Waals surface area contributed by atoms with E-state index in [0.717, 1.165) is 54.1 Å². The number of carbonyl (C=O) groups is 1. The SMILES string of the molecule is CCc1ccc(-n2nc3c(c2NC(=O)c2ccc(S(=O)(=O)N4CCCCC4)cc2)CSC3)cc1. The number of carbonyl (C=O) groups excluding carboxylic acids is 1. The highest BCUT2D eigenvalue weighted by Gasteiger charge is 2.27. The largest absolute Gasteiger partial charge is 0.306 e. The van der Waals surface area contributed by atoms with Crippen molar-refractivity contribution in [3.8, 4) is 5.69 Å². The van der Waals surface area contributed by atoms with Gasteiger partial charge in [-0.1, -0.05) is 25.5 Å². The minimum absolute atomic E-state index is 0.226. The van der Waals surface area contributed by atoms with Gasteiger partial charge >= 0.3 is 0 Å². The molecule has 3 aromatic rings. The number of piperidine rings is 1. The quantitative estimate of drug-likeness (QED) is 0.539. The maximum Gasteiger partial charge on any atom is 0.256 e. The third-order valence-corrected chi connectivity index (χ3v) is 9.33. The van der Waals surface area contributed by atoms with Crippen LogP contribution < -0.4 is 5.32 Å². The molecule has 0 radical (unpaired) electrons. The van der Waals surface area contributed by atoms with E-state index in [4.69, 9.17) is 5.10 Å². The van der Waals surface area contributed by atoms with Crippen LogP contribution in [-0.2, 0) is 27.9 Å². The van der Waals surface area contributed by atoms with Crippen LogP contribution in [0.5, 0.6) is 0 Å². The summed E-state index contributed by atoms with van der Waals surface area (Å²) in [6, 6.07) is 14.4. The molecule has 0 atom stereocenters. The van der Waals surface area contributed by atoms with Crippen molar-refractivity contribution in [2.75, 3.05) is 18.4 Å². The first kappa shape index (κ1) is 23.1. The second kappa shape index (κ2) is 9.56. The van der Waals surface area contributed by atoms with Crippen molar-refractivity contribution >= 4 is 33.5 Å². The number of fused-ring (bicyclic) bond motifs is 1. The summed E-state index contributed by atoms with van der Waals surface area (Å²) in [5.74, 6) is 2.01. The minimum atomic E-state index is -3.53. The zero-order valence-electron chi connectivity index (χ0n) is 19.2. The Morgan fingerprint density at radius 3 is 2.38 bits per heavy atom. The van der Waals surface area contributed by atoms with E-state index < -0.39 is 10.0 Å². The van der Waals surface area contributed by atoms with Crippen molar-refractivity contribution in [1.82, 2.24) is 14.1 Å². The summed E-state index contributed by atoms with van der Waals surface area (Å²) in [5.41, 5.74) is 4.58. The Balaban J connectivity index is 1.39. The maximum atomic E-state index is 13.1. The van der Waals surface area contributed by atoms with Crippen molar-refractivity contribution in [2.24, 2.45) is 0 Å². The summed E-state index contributed by atoms with van der Waals surface area (Å²) in [6.07, 6.45) is 3.79. The number of aromatic nitrogens is 2. The van der Waals surface area contributed by atoms with E-state index in [-0.39, 0.29) is 10.8 Å². The lowest BCUT2D eigenvalue weighted by Crippen LogP contribution is -2.35. The lowest BCUT2D eigenvalue weighted by Gasteiger charge is -2.25. The first-order chi connectivity index (χ1) is 16.5. The van der Waals surface area contributed by atoms with E-state index in [1.165, 1.54) is 22.0 Å². The van der Waals surface area contributed by atoms with Crippen molar-refractivity contribution in [1.29, 1.82) is 0 Å². The second-order valence-electron chi connectivity index (χ2n) is 8.64. The van der Waals surface area contributed by atoms with Crippen LogP contribution in [0.3, 0.4) is 0 Å². The van der Waals surface area contributed by atoms with Crippen LogP contribution in [0.1, 0.15) is 53.4 Å². The van der Waals surface area contributed by atoms with Gasteiger partial charge in [-0.2, -0.15) is 21.2 Å². The predicted octanol–water partition coefficient (Wildman–Crippen LogP) is 4.61. The minimum Gasteiger partial charge on any atom is -0.306 e. The molecule has 2 aromatic carbocycles. The fourth-order valence-electron chi connectivity index (χ4n) is 4.41. The number of aryl methyl sites for hydroxylation is 1. The van der Waals surface area contributed by atoms with E-state index in [0.29, 0.717) is 24.5 Å². The van der Waals surface area contributed by atoms with Gasteiger partial charge in [-0.15, -0.1) is 0 Å². The third-order valence-electron chi connectivity index (χ3n) is 6.44. The number of sulfonamides is 1. The highest BCUT2D eigenvalue weighted by molar-refractivity contribution is 7.98. The van der Waals surface area contributed by atoms with Crippen LogP contribution in [0, 0.1) is 0 Å². The van der Waals surface area contributed by atoms with Crippen molar-refractivity contribution in [2.45, 2.75) is 49.0 Å². The average molecular weight is 497 g/mol. The van der Waals surface area contributed by atoms with Gasteiger partial charge < -0.3 is 5.32 Å². The molecule has 34 heavy (non-hydrogen) atoms. The number of thioether (sulfide) groups is 1. The lowest BCUT2D eigenvalue weighted by molar-refractivity contribution is 0.102. The fourth-order valence-corrected chi connectivity index (χ4v) is 6.97. The predicted molar refractivity (Wildman–Crippen MR) is 135 cm³/mol. The van der Waals surface area contributed by atoms with Crippen LogP contribution in [0.15, 0.2) is 53.4 Å². The molecule has 0 aliphatic carbocycles. The van der Waals surface area contributed by atoms with Gasteiger partial charge in [-0.3, -0.25) is 4.79 Å². The number of hydrogen-bond acceptors (Lipinski definition) is 5. The van der Waals surface area contributed by atoms with Crippen LogP contribution in [-0.4, -0.2) is 41.5 Å². The van der Waals surface area contributed by atoms with Gasteiger partial charge in [0.1, 0.15) is 5.82 Å². The fraction of sp³-hybridized carbons (Fsp3) is 0.360. The molecule has 1 fully saturated rings. The molecule has 0 saturated carbocycles. The molecule has 1 amide bonds. The topological polar surface area (TPSA) is 84.3 Å². The number of benzene rings is 2. The zero-order valence-corrected chi connectivity index (χ0v) is 20.8. The normalized spacial score (nSPS) is 16.4. The van der Waals surface area contributed by atoms with Crippen LogP contribution >= 0.6 is 11.8 Å². The van der Waals surface area contributed by atoms with Gasteiger partial charge in [0.05, 0.1) is 16.3 Å². The van der Waals surface area contributed by atoms with E-state index in [1.807, 2.05) is 12.1 Å². The Hall–Kier alpha value is -2.62. The average Bonchev–Trinajstić information content (AvgIpc) is 3.47. The third kappa shape index (κ3) is 4.39. The molecule has 178 valence electrons. The summed E-state index contributed by atoms with van der Waals surface area (Å²) in [5, 5.41) is 7.80. The lowest BCUT2D eigenvalue weighted by atomic mass is 10.1. The second-order valence-corrected chi connectivity index (χ2v) is 11.6. The molecule has 3 heterocycles. The molecule has 0 spiro atoms. The maximum absolute atomic E-state index is 13.1. The molecular formula is C25H28N4O3S2. The van der Waals surface area contributed by atoms with Crippen LogP contribution in [0.4, 0.5) is 5.82 Å². The van der Waals surface area contributed by atoms with Gasteiger partial charge in [0, 0.05) is 35.7 Å². The summed E-state index contributed by atoms with van der Waals surface area (Å²) in [4.78, 5) is 13.4. The van der Waals surface area contributed by atoms with Crippen molar-refractivity contribution in [3.63, 3.8) is 0 Å². The molecule has 7 nitrogen and oxygen atoms in total. The first-order valence-electron chi connectivity index (χ1n) is 11.7. The molecular weight excluding hydrogens is 468 g/mol. The van der Waals surface area contributed by atoms with E-state index in [1.54, 1.807) is 28.6 Å². The van der Waals surface area contributed by atoms with Crippen molar-refractivity contribution in [3.05, 3.63) is 70.9 Å². The summed E-state index contributed by atoms with van der Waals surface area (Å²) in [7, 11) is -3.53. The van der Waals surface area contributed by atoms with E-state index >= 15 is 0 Å². The smallest absolute Gasteiger partial charge is 0.256 e. The van der Waals surface area contributed by atoms with Gasteiger partial charge in [0.25, 0.3) is 5.91 Å². The monoisotopic (exact) mass is 496 g/mol. The number of nitrogens with one attached hydrogen (secondary N) is 1. The molecule has 2 aliphatic rings. The molecule has 5 rings (SSSR count). The van der Waals surface area contributed by atoms with E-state index in [9.17, 15) is 13.2 Å². The van der Waals surface area contributed by atoms with Crippen LogP contribution in [0.2, 0.25) is 0 Å². The highest BCUT2D eigenvalue weighted by atomic mass is 32.2. The Morgan fingerprint density at radius 2 is 1.71 bits per heavy atom. The van der Waals surface area contributed by atoms with Crippen LogP contribution in [0.25, 0.3) is 5.69 Å². The standard InChI is InChI=1S/C25H28N4O3S2/c1-2-18-6-10-20(11-7-18)29-24(22-16-33-17-23(22)27-29)26-25(30)19-8-12-21(13-9-19)34(31,32)28-14-4-3-5-15-28/h6-13H,2-5,14-17H2,1H3,(H,26,30). The number of nitrogens with zero attached hydrogens (tertiary/aromatic N) is 3. The Bertz CT molecular complexity index is 1290. The summed E-state index contributed by atoms with van der Waals surface area (Å²) < 4.78 is 29.2. The number of hydrogen-bond donors (Lipinski definition) is 1.